The van der Waals surface area contributed by atoms with Crippen molar-refractivity contribution in [2.75, 3.05) is 13.1 Å². The Bertz CT molecular complexity index is 364. The van der Waals surface area contributed by atoms with E-state index in [0.29, 0.717) is 0 Å². The summed E-state index contributed by atoms with van der Waals surface area (Å²) in [6.07, 6.45) is 6.14. The first-order chi connectivity index (χ1) is 9.09. The van der Waals surface area contributed by atoms with Gasteiger partial charge in [0.15, 0.2) is 0 Å². The van der Waals surface area contributed by atoms with Gasteiger partial charge in [-0.3, -0.25) is 9.58 Å². The molecule has 0 saturated heterocycles. The van der Waals surface area contributed by atoms with Gasteiger partial charge < -0.3 is 5.73 Å². The number of aromatic nitrogens is 2. The molecular formula is C15H30N4. The van der Waals surface area contributed by atoms with E-state index in [-0.39, 0.29) is 11.6 Å². The van der Waals surface area contributed by atoms with Crippen LogP contribution in [0.2, 0.25) is 0 Å². The summed E-state index contributed by atoms with van der Waals surface area (Å²) in [5.74, 6) is 0. The second kappa shape index (κ2) is 7.06. The zero-order chi connectivity index (χ0) is 14.5. The summed E-state index contributed by atoms with van der Waals surface area (Å²) in [7, 11) is 0. The van der Waals surface area contributed by atoms with Gasteiger partial charge in [0.25, 0.3) is 0 Å². The highest BCUT2D eigenvalue weighted by Gasteiger charge is 2.39. The molecule has 4 heteroatoms. The summed E-state index contributed by atoms with van der Waals surface area (Å²) in [5, 5.41) is 4.37. The predicted octanol–water partition coefficient (Wildman–Crippen LogP) is 2.80. The molecular weight excluding hydrogens is 236 g/mol. The molecule has 0 fully saturated rings. The molecule has 0 aliphatic carbocycles. The first-order valence-corrected chi connectivity index (χ1v) is 7.62. The fourth-order valence-corrected chi connectivity index (χ4v) is 3.21. The Morgan fingerprint density at radius 1 is 1.21 bits per heavy atom. The van der Waals surface area contributed by atoms with E-state index >= 15 is 0 Å². The lowest BCUT2D eigenvalue weighted by Crippen LogP contribution is -2.54. The largest absolute Gasteiger partial charge is 0.322 e. The zero-order valence-electron chi connectivity index (χ0n) is 13.2. The van der Waals surface area contributed by atoms with Crippen LogP contribution in [0.15, 0.2) is 12.4 Å². The minimum atomic E-state index is 0.0164. The Balaban J connectivity index is 3.09. The van der Waals surface area contributed by atoms with Gasteiger partial charge in [0.2, 0.25) is 0 Å². The van der Waals surface area contributed by atoms with Crippen molar-refractivity contribution in [1.82, 2.24) is 14.7 Å². The Kier molecular flexibility index (Phi) is 6.01. The molecule has 0 aliphatic heterocycles. The quantitative estimate of drug-likeness (QED) is 0.787. The van der Waals surface area contributed by atoms with Crippen LogP contribution in [-0.4, -0.2) is 33.3 Å². The van der Waals surface area contributed by atoms with Gasteiger partial charge in [-0.25, -0.2) is 0 Å². The van der Waals surface area contributed by atoms with E-state index in [9.17, 15) is 0 Å². The van der Waals surface area contributed by atoms with E-state index < -0.39 is 0 Å². The van der Waals surface area contributed by atoms with Gasteiger partial charge in [0, 0.05) is 23.8 Å². The summed E-state index contributed by atoms with van der Waals surface area (Å²) in [6.45, 7) is 14.0. The molecule has 1 rings (SSSR count). The second-order valence-corrected chi connectivity index (χ2v) is 5.09. The Morgan fingerprint density at radius 2 is 1.79 bits per heavy atom. The number of nitrogens with two attached hydrogens (primary N) is 1. The van der Waals surface area contributed by atoms with E-state index in [1.807, 2.05) is 10.9 Å². The van der Waals surface area contributed by atoms with Crippen molar-refractivity contribution in [3.63, 3.8) is 0 Å². The summed E-state index contributed by atoms with van der Waals surface area (Å²) in [5.41, 5.74) is 7.80. The molecule has 0 saturated carbocycles. The van der Waals surface area contributed by atoms with E-state index in [0.717, 1.165) is 38.0 Å². The van der Waals surface area contributed by atoms with Crippen LogP contribution in [-0.2, 0) is 6.54 Å². The monoisotopic (exact) mass is 266 g/mol. The number of rotatable bonds is 8. The third-order valence-electron chi connectivity index (χ3n) is 4.53. The van der Waals surface area contributed by atoms with E-state index in [2.05, 4.69) is 50.8 Å². The van der Waals surface area contributed by atoms with Crippen LogP contribution in [0.5, 0.6) is 0 Å². The van der Waals surface area contributed by atoms with Crippen LogP contribution >= 0.6 is 0 Å². The molecule has 19 heavy (non-hydrogen) atoms. The lowest BCUT2D eigenvalue weighted by Gasteiger charge is -2.46. The average molecular weight is 266 g/mol. The Hall–Kier alpha value is -0.870. The molecule has 1 aromatic rings. The molecule has 1 aromatic heterocycles. The van der Waals surface area contributed by atoms with Gasteiger partial charge in [-0.05, 0) is 32.9 Å². The van der Waals surface area contributed by atoms with Crippen molar-refractivity contribution < 1.29 is 0 Å². The fourth-order valence-electron chi connectivity index (χ4n) is 3.21. The van der Waals surface area contributed by atoms with Crippen LogP contribution in [0.25, 0.3) is 0 Å². The molecule has 0 radical (unpaired) electrons. The normalized spacial score (nSPS) is 14.1. The molecule has 4 nitrogen and oxygen atoms in total. The number of nitrogens with zero attached hydrogens (tertiary/aromatic N) is 3. The highest BCUT2D eigenvalue weighted by Crippen LogP contribution is 2.35. The van der Waals surface area contributed by atoms with E-state index in [4.69, 9.17) is 5.73 Å². The van der Waals surface area contributed by atoms with Gasteiger partial charge in [0.1, 0.15) is 0 Å². The summed E-state index contributed by atoms with van der Waals surface area (Å²) in [4.78, 5) is 2.50. The van der Waals surface area contributed by atoms with Crippen molar-refractivity contribution in [3.8, 4) is 0 Å². The SMILES string of the molecule is CCN(CC)C(CC)(CC)C(N)c1cnn(CC)c1. The predicted molar refractivity (Wildman–Crippen MR) is 81.1 cm³/mol. The van der Waals surface area contributed by atoms with E-state index in [1.165, 1.54) is 0 Å². The highest BCUT2D eigenvalue weighted by molar-refractivity contribution is 5.17. The Labute approximate surface area is 118 Å². The number of likely N-dealkylation sites (N-methyl/N-ethyl adjacent to an activating group) is 1. The van der Waals surface area contributed by atoms with Gasteiger partial charge in [-0.15, -0.1) is 0 Å². The van der Waals surface area contributed by atoms with Gasteiger partial charge in [-0.1, -0.05) is 27.7 Å². The smallest absolute Gasteiger partial charge is 0.0538 e. The lowest BCUT2D eigenvalue weighted by atomic mass is 9.80. The van der Waals surface area contributed by atoms with Gasteiger partial charge in [-0.2, -0.15) is 5.10 Å². The highest BCUT2D eigenvalue weighted by atomic mass is 15.3. The maximum absolute atomic E-state index is 6.62. The molecule has 1 atom stereocenters. The van der Waals surface area contributed by atoms with Gasteiger partial charge in [0.05, 0.1) is 12.2 Å². The van der Waals surface area contributed by atoms with Crippen LogP contribution in [0.1, 0.15) is 59.1 Å². The lowest BCUT2D eigenvalue weighted by molar-refractivity contribution is 0.0625. The summed E-state index contributed by atoms with van der Waals surface area (Å²) >= 11 is 0. The molecule has 1 unspecified atom stereocenters. The molecule has 0 aliphatic rings. The standard InChI is InChI=1S/C15H30N4/c1-6-15(7-2,18(8-3)9-4)14(16)13-11-17-19(10-5)12-13/h11-12,14H,6-10,16H2,1-5H3. The number of hydrogen-bond donors (Lipinski definition) is 1. The molecule has 1 heterocycles. The minimum Gasteiger partial charge on any atom is -0.322 e. The molecule has 0 aromatic carbocycles. The first-order valence-electron chi connectivity index (χ1n) is 7.62. The molecule has 2 N–H and O–H groups in total. The van der Waals surface area contributed by atoms with Crippen LogP contribution in [0.4, 0.5) is 0 Å². The summed E-state index contributed by atoms with van der Waals surface area (Å²) < 4.78 is 1.95. The van der Waals surface area contributed by atoms with Crippen LogP contribution in [0.3, 0.4) is 0 Å². The minimum absolute atomic E-state index is 0.0164. The van der Waals surface area contributed by atoms with Crippen LogP contribution in [0, 0.1) is 0 Å². The number of hydrogen-bond acceptors (Lipinski definition) is 3. The third-order valence-corrected chi connectivity index (χ3v) is 4.53. The fraction of sp³-hybridized carbons (Fsp3) is 0.800. The second-order valence-electron chi connectivity index (χ2n) is 5.09. The third kappa shape index (κ3) is 3.00. The van der Waals surface area contributed by atoms with Crippen LogP contribution < -0.4 is 5.73 Å². The van der Waals surface area contributed by atoms with Gasteiger partial charge >= 0.3 is 0 Å². The van der Waals surface area contributed by atoms with Crippen molar-refractivity contribution in [2.24, 2.45) is 5.73 Å². The maximum atomic E-state index is 6.62. The molecule has 0 amide bonds. The van der Waals surface area contributed by atoms with Crippen molar-refractivity contribution in [3.05, 3.63) is 18.0 Å². The van der Waals surface area contributed by atoms with Crippen molar-refractivity contribution in [2.45, 2.75) is 65.6 Å². The van der Waals surface area contributed by atoms with Crippen molar-refractivity contribution >= 4 is 0 Å². The molecule has 0 bridgehead atoms. The molecule has 0 spiro atoms. The van der Waals surface area contributed by atoms with E-state index in [1.54, 1.807) is 0 Å². The first kappa shape index (κ1) is 16.2. The summed E-state index contributed by atoms with van der Waals surface area (Å²) in [6, 6.07) is 0.0164. The zero-order valence-corrected chi connectivity index (χ0v) is 13.2. The molecule has 110 valence electrons. The van der Waals surface area contributed by atoms with Crippen molar-refractivity contribution in [1.29, 1.82) is 0 Å². The topological polar surface area (TPSA) is 47.1 Å². The number of aryl methyl sites for hydroxylation is 1. The average Bonchev–Trinajstić information content (AvgIpc) is 2.93. The maximum Gasteiger partial charge on any atom is 0.0538 e. The Morgan fingerprint density at radius 3 is 2.16 bits per heavy atom.